The number of aliphatic hydroxyl groups is 1. The quantitative estimate of drug-likeness (QED) is 0.380. The Morgan fingerprint density at radius 2 is 1.84 bits per heavy atom. The standard InChI is InChI=1S/C11H23N2O4Si.BrH/c1-15-18(16-2,17-3)10-4-5-12-6-7-13(11-12)8-9-14;/h6-7,11,14H,4-5,8-10H2,1-3H3;1H/q+1;/p-1. The SMILES string of the molecule is CO[Si](CCC[n+]1ccn(CCO)c1)(OC)OC.[Br-]. The molecule has 0 radical (unpaired) electrons. The molecular formula is C11H23BrN2O4Si. The van der Waals surface area contributed by atoms with Crippen molar-refractivity contribution in [1.29, 1.82) is 0 Å². The van der Waals surface area contributed by atoms with Crippen LogP contribution in [0.25, 0.3) is 0 Å². The highest BCUT2D eigenvalue weighted by atomic mass is 79.9. The van der Waals surface area contributed by atoms with Crippen molar-refractivity contribution >= 4 is 8.80 Å². The maximum Gasteiger partial charge on any atom is 0.500 e. The molecule has 0 unspecified atom stereocenters. The summed E-state index contributed by atoms with van der Waals surface area (Å²) in [6.07, 6.45) is 6.84. The Morgan fingerprint density at radius 1 is 1.21 bits per heavy atom. The van der Waals surface area contributed by atoms with Crippen molar-refractivity contribution in [3.8, 4) is 0 Å². The summed E-state index contributed by atoms with van der Waals surface area (Å²) in [4.78, 5) is 0. The van der Waals surface area contributed by atoms with Crippen molar-refractivity contribution in [3.63, 3.8) is 0 Å². The first kappa shape index (κ1) is 18.7. The fourth-order valence-corrected chi connectivity index (χ4v) is 3.56. The maximum absolute atomic E-state index is 8.83. The summed E-state index contributed by atoms with van der Waals surface area (Å²) in [5.41, 5.74) is 0. The molecule has 0 amide bonds. The van der Waals surface area contributed by atoms with E-state index in [1.165, 1.54) is 0 Å². The Bertz CT molecular complexity index is 339. The second kappa shape index (κ2) is 9.62. The third-order valence-corrected chi connectivity index (χ3v) is 5.77. The highest BCUT2D eigenvalue weighted by Gasteiger charge is 2.37. The molecule has 0 spiro atoms. The van der Waals surface area contributed by atoms with Gasteiger partial charge in [0.2, 0.25) is 6.33 Å². The second-order valence-electron chi connectivity index (χ2n) is 4.01. The number of hydrogen-bond acceptors (Lipinski definition) is 4. The first-order chi connectivity index (χ1) is 8.69. The summed E-state index contributed by atoms with van der Waals surface area (Å²) in [6, 6.07) is 0.786. The minimum absolute atomic E-state index is 0. The summed E-state index contributed by atoms with van der Waals surface area (Å²) < 4.78 is 20.1. The van der Waals surface area contributed by atoms with E-state index in [1.807, 2.05) is 23.3 Å². The van der Waals surface area contributed by atoms with Crippen LogP contribution in [0.2, 0.25) is 6.04 Å². The van der Waals surface area contributed by atoms with Crippen LogP contribution in [0.15, 0.2) is 18.7 Å². The van der Waals surface area contributed by atoms with Gasteiger partial charge in [0.25, 0.3) is 0 Å². The monoisotopic (exact) mass is 354 g/mol. The number of aliphatic hydroxyl groups excluding tert-OH is 1. The highest BCUT2D eigenvalue weighted by Crippen LogP contribution is 2.14. The average Bonchev–Trinajstić information content (AvgIpc) is 2.84. The zero-order valence-electron chi connectivity index (χ0n) is 11.7. The lowest BCUT2D eigenvalue weighted by atomic mass is 10.5. The Morgan fingerprint density at radius 3 is 2.37 bits per heavy atom. The molecule has 1 heterocycles. The van der Waals surface area contributed by atoms with Crippen molar-refractivity contribution in [3.05, 3.63) is 18.7 Å². The molecular weight excluding hydrogens is 332 g/mol. The predicted molar refractivity (Wildman–Crippen MR) is 67.9 cm³/mol. The van der Waals surface area contributed by atoms with E-state index in [1.54, 1.807) is 21.3 Å². The summed E-state index contributed by atoms with van der Waals surface area (Å²) in [5, 5.41) is 8.83. The molecule has 0 saturated heterocycles. The molecule has 0 atom stereocenters. The third kappa shape index (κ3) is 5.72. The van der Waals surface area contributed by atoms with Crippen molar-refractivity contribution in [2.75, 3.05) is 27.9 Å². The molecule has 0 aromatic carbocycles. The number of aryl methyl sites for hydroxylation is 1. The lowest BCUT2D eigenvalue weighted by Crippen LogP contribution is -3.00. The Hall–Kier alpha value is -0.253. The molecule has 0 aliphatic rings. The number of imidazole rings is 1. The van der Waals surface area contributed by atoms with Gasteiger partial charge in [-0.1, -0.05) is 0 Å². The largest absolute Gasteiger partial charge is 1.00 e. The molecule has 19 heavy (non-hydrogen) atoms. The Kier molecular flexibility index (Phi) is 9.49. The summed E-state index contributed by atoms with van der Waals surface area (Å²) in [6.45, 7) is 1.66. The Labute approximate surface area is 126 Å². The zero-order valence-corrected chi connectivity index (χ0v) is 14.3. The summed E-state index contributed by atoms with van der Waals surface area (Å²) >= 11 is 0. The number of rotatable bonds is 9. The van der Waals surface area contributed by atoms with Gasteiger partial charge >= 0.3 is 8.80 Å². The van der Waals surface area contributed by atoms with Gasteiger partial charge in [-0.15, -0.1) is 0 Å². The lowest BCUT2D eigenvalue weighted by Gasteiger charge is -2.23. The number of nitrogens with zero attached hydrogens (tertiary/aromatic N) is 2. The topological polar surface area (TPSA) is 56.7 Å². The fourth-order valence-electron chi connectivity index (χ4n) is 1.85. The molecule has 1 N–H and O–H groups in total. The fraction of sp³-hybridized carbons (Fsp3) is 0.727. The molecule has 0 aliphatic heterocycles. The van der Waals surface area contributed by atoms with Crippen LogP contribution in [-0.4, -0.2) is 46.4 Å². The van der Waals surface area contributed by atoms with Crippen molar-refractivity contribution in [1.82, 2.24) is 4.57 Å². The van der Waals surface area contributed by atoms with Gasteiger partial charge < -0.3 is 35.4 Å². The minimum Gasteiger partial charge on any atom is -1.00 e. The molecule has 0 bridgehead atoms. The van der Waals surface area contributed by atoms with E-state index in [-0.39, 0.29) is 23.6 Å². The Balaban J connectivity index is 0.00000324. The highest BCUT2D eigenvalue weighted by molar-refractivity contribution is 6.60. The van der Waals surface area contributed by atoms with Crippen LogP contribution < -0.4 is 21.5 Å². The predicted octanol–water partition coefficient (Wildman–Crippen LogP) is -2.96. The molecule has 0 saturated carbocycles. The smallest absolute Gasteiger partial charge is 0.500 e. The molecule has 0 aliphatic carbocycles. The molecule has 8 heteroatoms. The minimum atomic E-state index is -2.44. The van der Waals surface area contributed by atoms with Gasteiger partial charge in [-0.3, -0.25) is 0 Å². The van der Waals surface area contributed by atoms with Crippen LogP contribution in [0.1, 0.15) is 6.42 Å². The van der Waals surface area contributed by atoms with E-state index in [2.05, 4.69) is 4.57 Å². The second-order valence-corrected chi connectivity index (χ2v) is 7.10. The van der Waals surface area contributed by atoms with E-state index in [4.69, 9.17) is 18.4 Å². The normalized spacial score (nSPS) is 11.4. The van der Waals surface area contributed by atoms with E-state index < -0.39 is 8.80 Å². The third-order valence-electron chi connectivity index (χ3n) is 2.94. The van der Waals surface area contributed by atoms with Crippen LogP contribution in [0.5, 0.6) is 0 Å². The van der Waals surface area contributed by atoms with E-state index in [0.29, 0.717) is 6.54 Å². The molecule has 1 aromatic heterocycles. The number of aromatic nitrogens is 2. The molecule has 1 rings (SSSR count). The van der Waals surface area contributed by atoms with Crippen LogP contribution in [0, 0.1) is 0 Å². The van der Waals surface area contributed by atoms with Crippen LogP contribution >= 0.6 is 0 Å². The van der Waals surface area contributed by atoms with Gasteiger partial charge in [0.15, 0.2) is 0 Å². The van der Waals surface area contributed by atoms with Crippen LogP contribution in [-0.2, 0) is 26.4 Å². The van der Waals surface area contributed by atoms with Gasteiger partial charge in [0, 0.05) is 27.4 Å². The van der Waals surface area contributed by atoms with E-state index >= 15 is 0 Å². The zero-order chi connectivity index (χ0) is 13.4. The average molecular weight is 355 g/mol. The first-order valence-corrected chi connectivity index (χ1v) is 7.94. The first-order valence-electron chi connectivity index (χ1n) is 6.01. The number of halogens is 1. The molecule has 1 aromatic rings. The van der Waals surface area contributed by atoms with Crippen molar-refractivity contribution in [2.45, 2.75) is 25.6 Å². The van der Waals surface area contributed by atoms with E-state index in [0.717, 1.165) is 19.0 Å². The maximum atomic E-state index is 8.83. The molecule has 112 valence electrons. The summed E-state index contributed by atoms with van der Waals surface area (Å²) in [7, 11) is 2.45. The van der Waals surface area contributed by atoms with Gasteiger partial charge in [0.05, 0.1) is 13.2 Å². The van der Waals surface area contributed by atoms with Gasteiger partial charge in [0.1, 0.15) is 18.9 Å². The molecule has 6 nitrogen and oxygen atoms in total. The van der Waals surface area contributed by atoms with E-state index in [9.17, 15) is 0 Å². The van der Waals surface area contributed by atoms with Gasteiger partial charge in [-0.05, 0) is 6.42 Å². The van der Waals surface area contributed by atoms with Crippen molar-refractivity contribution in [2.24, 2.45) is 0 Å². The van der Waals surface area contributed by atoms with Gasteiger partial charge in [-0.2, -0.15) is 0 Å². The van der Waals surface area contributed by atoms with Crippen LogP contribution in [0.4, 0.5) is 0 Å². The van der Waals surface area contributed by atoms with Crippen molar-refractivity contribution < 1.29 is 39.9 Å². The van der Waals surface area contributed by atoms with Gasteiger partial charge in [-0.25, -0.2) is 9.13 Å². The summed E-state index contributed by atoms with van der Waals surface area (Å²) in [5.74, 6) is 0. The lowest BCUT2D eigenvalue weighted by molar-refractivity contribution is -0.696. The van der Waals surface area contributed by atoms with Crippen LogP contribution in [0.3, 0.4) is 0 Å². The number of hydrogen-bond donors (Lipinski definition) is 1. The molecule has 0 fully saturated rings.